The van der Waals surface area contributed by atoms with Crippen molar-refractivity contribution in [2.45, 2.75) is 0 Å². The Morgan fingerprint density at radius 1 is 1.00 bits per heavy atom. The third-order valence-corrected chi connectivity index (χ3v) is 3.38. The van der Waals surface area contributed by atoms with Gasteiger partial charge >= 0.3 is 0 Å². The van der Waals surface area contributed by atoms with Gasteiger partial charge in [0.25, 0.3) is 0 Å². The highest BCUT2D eigenvalue weighted by molar-refractivity contribution is 6.33. The zero-order valence-electron chi connectivity index (χ0n) is 9.97. The van der Waals surface area contributed by atoms with Crippen LogP contribution in [-0.2, 0) is 0 Å². The summed E-state index contributed by atoms with van der Waals surface area (Å²) < 4.78 is 5.83. The maximum atomic E-state index is 5.83. The number of nitrogens with zero attached hydrogens (tertiary/aromatic N) is 1. The number of furan rings is 1. The first-order chi connectivity index (χ1) is 8.83. The standard InChI is InChI=1S/C15H10BNO/c16-10-5-6-12-13(7-10)18-15-14(12)11-4-2-1-3-9(11)8-17-15/h1-8H,16H2. The molecule has 84 valence electrons. The Kier molecular flexibility index (Phi) is 1.81. The molecule has 0 fully saturated rings. The molecular weight excluding hydrogens is 221 g/mol. The second kappa shape index (κ2) is 3.36. The van der Waals surface area contributed by atoms with E-state index in [1.165, 1.54) is 10.8 Å². The second-order valence-electron chi connectivity index (χ2n) is 4.63. The van der Waals surface area contributed by atoms with Gasteiger partial charge in [-0.3, -0.25) is 0 Å². The van der Waals surface area contributed by atoms with Gasteiger partial charge in [0.05, 0.1) is 5.39 Å². The molecule has 4 aromatic rings. The molecule has 0 bridgehead atoms. The minimum Gasteiger partial charge on any atom is -0.438 e. The summed E-state index contributed by atoms with van der Waals surface area (Å²) in [4.78, 5) is 4.41. The van der Waals surface area contributed by atoms with Gasteiger partial charge in [-0.2, -0.15) is 0 Å². The van der Waals surface area contributed by atoms with Crippen LogP contribution in [0.1, 0.15) is 0 Å². The molecule has 0 saturated heterocycles. The van der Waals surface area contributed by atoms with Crippen LogP contribution < -0.4 is 5.46 Å². The molecule has 0 unspecified atom stereocenters. The van der Waals surface area contributed by atoms with Crippen LogP contribution in [0.3, 0.4) is 0 Å². The van der Waals surface area contributed by atoms with Crippen LogP contribution in [0.2, 0.25) is 0 Å². The first kappa shape index (κ1) is 9.72. The summed E-state index contributed by atoms with van der Waals surface area (Å²) in [5, 5.41) is 4.60. The largest absolute Gasteiger partial charge is 0.438 e. The van der Waals surface area contributed by atoms with Gasteiger partial charge in [-0.1, -0.05) is 41.9 Å². The van der Waals surface area contributed by atoms with E-state index in [4.69, 9.17) is 4.42 Å². The van der Waals surface area contributed by atoms with Crippen molar-refractivity contribution in [1.82, 2.24) is 4.98 Å². The molecule has 0 radical (unpaired) electrons. The number of benzene rings is 2. The van der Waals surface area contributed by atoms with E-state index in [-0.39, 0.29) is 0 Å². The van der Waals surface area contributed by atoms with Crippen molar-refractivity contribution in [1.29, 1.82) is 0 Å². The molecular formula is C15H10BNO. The molecule has 3 heteroatoms. The molecule has 18 heavy (non-hydrogen) atoms. The van der Waals surface area contributed by atoms with E-state index < -0.39 is 0 Å². The number of hydrogen-bond acceptors (Lipinski definition) is 2. The first-order valence-electron chi connectivity index (χ1n) is 5.99. The third-order valence-electron chi connectivity index (χ3n) is 3.38. The number of pyridine rings is 1. The van der Waals surface area contributed by atoms with E-state index in [9.17, 15) is 0 Å². The van der Waals surface area contributed by atoms with Gasteiger partial charge in [-0.05, 0) is 11.5 Å². The maximum Gasteiger partial charge on any atom is 0.227 e. The lowest BCUT2D eigenvalue weighted by Crippen LogP contribution is -1.98. The second-order valence-corrected chi connectivity index (χ2v) is 4.63. The number of hydrogen-bond donors (Lipinski definition) is 0. The average Bonchev–Trinajstić information content (AvgIpc) is 2.76. The average molecular weight is 231 g/mol. The van der Waals surface area contributed by atoms with Crippen molar-refractivity contribution in [3.05, 3.63) is 48.7 Å². The summed E-state index contributed by atoms with van der Waals surface area (Å²) in [6.45, 7) is 0. The lowest BCUT2D eigenvalue weighted by Gasteiger charge is -1.97. The molecule has 0 saturated carbocycles. The van der Waals surface area contributed by atoms with Crippen LogP contribution in [0, 0.1) is 0 Å². The Balaban J connectivity index is 2.33. The molecule has 0 N–H and O–H groups in total. The van der Waals surface area contributed by atoms with Gasteiger partial charge in [-0.15, -0.1) is 0 Å². The van der Waals surface area contributed by atoms with Gasteiger partial charge in [0.1, 0.15) is 13.4 Å². The van der Waals surface area contributed by atoms with Crippen molar-refractivity contribution in [3.8, 4) is 0 Å². The molecule has 4 rings (SSSR count). The summed E-state index contributed by atoms with van der Waals surface area (Å²) >= 11 is 0. The lowest BCUT2D eigenvalue weighted by molar-refractivity contribution is 0.655. The van der Waals surface area contributed by atoms with E-state index in [1.54, 1.807) is 0 Å². The summed E-state index contributed by atoms with van der Waals surface area (Å²) in [6, 6.07) is 14.6. The smallest absolute Gasteiger partial charge is 0.227 e. The van der Waals surface area contributed by atoms with Crippen LogP contribution in [0.5, 0.6) is 0 Å². The quantitative estimate of drug-likeness (QED) is 0.434. The first-order valence-corrected chi connectivity index (χ1v) is 5.99. The van der Waals surface area contributed by atoms with E-state index >= 15 is 0 Å². The molecule has 2 heterocycles. The van der Waals surface area contributed by atoms with Crippen molar-refractivity contribution < 1.29 is 4.42 Å². The Hall–Kier alpha value is -2.29. The number of aromatic nitrogens is 1. The van der Waals surface area contributed by atoms with Crippen molar-refractivity contribution >= 4 is 46.2 Å². The Labute approximate surface area is 105 Å². The molecule has 0 aliphatic heterocycles. The van der Waals surface area contributed by atoms with E-state index in [0.717, 1.165) is 21.7 Å². The molecule has 0 spiro atoms. The molecule has 2 aromatic carbocycles. The van der Waals surface area contributed by atoms with Crippen molar-refractivity contribution in [2.75, 3.05) is 0 Å². The Morgan fingerprint density at radius 3 is 2.83 bits per heavy atom. The van der Waals surface area contributed by atoms with Gasteiger partial charge in [-0.25, -0.2) is 4.98 Å². The molecule has 0 atom stereocenters. The zero-order valence-corrected chi connectivity index (χ0v) is 9.97. The fraction of sp³-hybridized carbons (Fsp3) is 0. The molecule has 0 amide bonds. The highest BCUT2D eigenvalue weighted by atomic mass is 16.3. The van der Waals surface area contributed by atoms with Crippen LogP contribution in [0.25, 0.3) is 32.8 Å². The predicted octanol–water partition coefficient (Wildman–Crippen LogP) is 2.39. The van der Waals surface area contributed by atoms with E-state index in [0.29, 0.717) is 5.71 Å². The number of fused-ring (bicyclic) bond motifs is 5. The minimum absolute atomic E-state index is 0.717. The van der Waals surface area contributed by atoms with Crippen molar-refractivity contribution in [2.24, 2.45) is 0 Å². The fourth-order valence-corrected chi connectivity index (χ4v) is 2.51. The molecule has 0 aliphatic carbocycles. The topological polar surface area (TPSA) is 26.0 Å². The minimum atomic E-state index is 0.717. The van der Waals surface area contributed by atoms with Crippen LogP contribution >= 0.6 is 0 Å². The predicted molar refractivity (Wildman–Crippen MR) is 77.2 cm³/mol. The molecule has 0 aliphatic rings. The van der Waals surface area contributed by atoms with E-state index in [2.05, 4.69) is 49.2 Å². The van der Waals surface area contributed by atoms with Gasteiger partial charge in [0, 0.05) is 17.0 Å². The lowest BCUT2D eigenvalue weighted by atomic mass is 9.95. The zero-order chi connectivity index (χ0) is 12.1. The Bertz CT molecular complexity index is 895. The highest BCUT2D eigenvalue weighted by Crippen LogP contribution is 2.32. The van der Waals surface area contributed by atoms with Crippen LogP contribution in [0.4, 0.5) is 0 Å². The van der Waals surface area contributed by atoms with Gasteiger partial charge < -0.3 is 4.42 Å². The Morgan fingerprint density at radius 2 is 1.89 bits per heavy atom. The van der Waals surface area contributed by atoms with Crippen molar-refractivity contribution in [3.63, 3.8) is 0 Å². The molecule has 2 nitrogen and oxygen atoms in total. The third kappa shape index (κ3) is 1.22. The summed E-state index contributed by atoms with van der Waals surface area (Å²) in [7, 11) is 2.07. The van der Waals surface area contributed by atoms with Gasteiger partial charge in [0.2, 0.25) is 5.71 Å². The van der Waals surface area contributed by atoms with Crippen LogP contribution in [0.15, 0.2) is 53.1 Å². The summed E-state index contributed by atoms with van der Waals surface area (Å²) in [6.07, 6.45) is 1.87. The highest BCUT2D eigenvalue weighted by Gasteiger charge is 2.10. The maximum absolute atomic E-state index is 5.83. The van der Waals surface area contributed by atoms with Gasteiger partial charge in [0.15, 0.2) is 0 Å². The number of rotatable bonds is 0. The SMILES string of the molecule is Bc1ccc2c(c1)oc1ncc3ccccc3c12. The summed E-state index contributed by atoms with van der Waals surface area (Å²) in [5.74, 6) is 0. The van der Waals surface area contributed by atoms with Crippen LogP contribution in [-0.4, -0.2) is 12.8 Å². The monoisotopic (exact) mass is 231 g/mol. The summed E-state index contributed by atoms with van der Waals surface area (Å²) in [5.41, 5.74) is 2.83. The molecule has 2 aromatic heterocycles. The van der Waals surface area contributed by atoms with E-state index in [1.807, 2.05) is 12.3 Å². The normalized spacial score (nSPS) is 11.6. The fourth-order valence-electron chi connectivity index (χ4n) is 2.51.